The summed E-state index contributed by atoms with van der Waals surface area (Å²) in [4.78, 5) is 0. The van der Waals surface area contributed by atoms with E-state index in [2.05, 4.69) is 27.8 Å². The van der Waals surface area contributed by atoms with Gasteiger partial charge in [-0.25, -0.2) is 0 Å². The Morgan fingerprint density at radius 3 is 2.86 bits per heavy atom. The highest BCUT2D eigenvalue weighted by Crippen LogP contribution is 2.26. The van der Waals surface area contributed by atoms with Gasteiger partial charge in [-0.1, -0.05) is 12.2 Å². The van der Waals surface area contributed by atoms with Crippen molar-refractivity contribution in [3.63, 3.8) is 0 Å². The van der Waals surface area contributed by atoms with Gasteiger partial charge in [0.1, 0.15) is 5.75 Å². The number of halogens is 1. The average molecular weight is 256 g/mol. The maximum Gasteiger partial charge on any atom is 0.121 e. The van der Waals surface area contributed by atoms with Gasteiger partial charge < -0.3 is 10.1 Å². The Morgan fingerprint density at radius 1 is 1.57 bits per heavy atom. The minimum atomic E-state index is 0.770. The summed E-state index contributed by atoms with van der Waals surface area (Å²) in [6, 6.07) is 5.82. The van der Waals surface area contributed by atoms with Gasteiger partial charge in [0.2, 0.25) is 0 Å². The fraction of sp³-hybridized carbons (Fsp3) is 0.273. The molecule has 0 atom stereocenters. The standard InChI is InChI=1S/C11H14BrNO/c1-8(2)7-13-11-6-9(14-3)4-5-10(11)12/h4-6,13H,1,7H2,2-3H3. The number of benzene rings is 1. The number of methoxy groups -OCH3 is 1. The van der Waals surface area contributed by atoms with E-state index in [1.165, 1.54) is 0 Å². The smallest absolute Gasteiger partial charge is 0.121 e. The first kappa shape index (κ1) is 11.1. The Morgan fingerprint density at radius 2 is 2.29 bits per heavy atom. The Bertz CT molecular complexity index is 336. The van der Waals surface area contributed by atoms with Crippen LogP contribution in [0.25, 0.3) is 0 Å². The lowest BCUT2D eigenvalue weighted by Crippen LogP contribution is -2.02. The summed E-state index contributed by atoms with van der Waals surface area (Å²) in [7, 11) is 1.66. The minimum Gasteiger partial charge on any atom is -0.497 e. The van der Waals surface area contributed by atoms with Crippen molar-refractivity contribution in [1.82, 2.24) is 0 Å². The highest BCUT2D eigenvalue weighted by molar-refractivity contribution is 9.10. The Labute approximate surface area is 93.1 Å². The molecule has 2 nitrogen and oxygen atoms in total. The molecule has 0 aliphatic heterocycles. The van der Waals surface area contributed by atoms with Gasteiger partial charge in [0.25, 0.3) is 0 Å². The van der Waals surface area contributed by atoms with Crippen LogP contribution in [-0.2, 0) is 0 Å². The molecule has 14 heavy (non-hydrogen) atoms. The summed E-state index contributed by atoms with van der Waals surface area (Å²) in [6.45, 7) is 6.59. The van der Waals surface area contributed by atoms with Crippen LogP contribution in [0.5, 0.6) is 5.75 Å². The van der Waals surface area contributed by atoms with Crippen LogP contribution in [0.1, 0.15) is 6.92 Å². The zero-order valence-electron chi connectivity index (χ0n) is 8.43. The van der Waals surface area contributed by atoms with Crippen LogP contribution < -0.4 is 10.1 Å². The Hall–Kier alpha value is -0.960. The van der Waals surface area contributed by atoms with Crippen LogP contribution >= 0.6 is 15.9 Å². The SMILES string of the molecule is C=C(C)CNc1cc(OC)ccc1Br. The highest BCUT2D eigenvalue weighted by atomic mass is 79.9. The molecule has 0 aliphatic carbocycles. The summed E-state index contributed by atoms with van der Waals surface area (Å²) < 4.78 is 6.16. The van der Waals surface area contributed by atoms with Crippen molar-refractivity contribution in [2.75, 3.05) is 19.0 Å². The van der Waals surface area contributed by atoms with E-state index in [1.54, 1.807) is 7.11 Å². The second kappa shape index (κ2) is 5.05. The molecule has 3 heteroatoms. The summed E-state index contributed by atoms with van der Waals surface area (Å²) in [5, 5.41) is 3.26. The lowest BCUT2D eigenvalue weighted by Gasteiger charge is -2.09. The normalized spacial score (nSPS) is 9.64. The van der Waals surface area contributed by atoms with E-state index in [0.717, 1.165) is 28.0 Å². The summed E-state index contributed by atoms with van der Waals surface area (Å²) in [6.07, 6.45) is 0. The molecule has 0 spiro atoms. The minimum absolute atomic E-state index is 0.770. The molecular formula is C11H14BrNO. The van der Waals surface area contributed by atoms with Crippen molar-refractivity contribution in [1.29, 1.82) is 0 Å². The van der Waals surface area contributed by atoms with Gasteiger partial charge in [0.05, 0.1) is 12.8 Å². The Kier molecular flexibility index (Phi) is 4.01. The third kappa shape index (κ3) is 3.07. The third-order valence-electron chi connectivity index (χ3n) is 1.75. The van der Waals surface area contributed by atoms with E-state index in [-0.39, 0.29) is 0 Å². The molecule has 0 saturated carbocycles. The summed E-state index contributed by atoms with van der Waals surface area (Å²) >= 11 is 3.46. The second-order valence-corrected chi connectivity index (χ2v) is 4.01. The first-order chi connectivity index (χ1) is 6.63. The number of rotatable bonds is 4. The second-order valence-electron chi connectivity index (χ2n) is 3.16. The maximum atomic E-state index is 5.13. The van der Waals surface area contributed by atoms with Gasteiger partial charge in [-0.3, -0.25) is 0 Å². The largest absolute Gasteiger partial charge is 0.497 e. The van der Waals surface area contributed by atoms with E-state index in [4.69, 9.17) is 4.74 Å². The molecule has 0 heterocycles. The van der Waals surface area contributed by atoms with Crippen LogP contribution in [0.4, 0.5) is 5.69 Å². The number of hydrogen-bond donors (Lipinski definition) is 1. The van der Waals surface area contributed by atoms with Crippen molar-refractivity contribution in [2.24, 2.45) is 0 Å². The van der Waals surface area contributed by atoms with E-state index >= 15 is 0 Å². The fourth-order valence-corrected chi connectivity index (χ4v) is 1.40. The van der Waals surface area contributed by atoms with Crippen molar-refractivity contribution in [2.45, 2.75) is 6.92 Å². The molecule has 0 radical (unpaired) electrons. The zero-order chi connectivity index (χ0) is 10.6. The van der Waals surface area contributed by atoms with Crippen molar-refractivity contribution in [3.8, 4) is 5.75 Å². The molecule has 0 aromatic heterocycles. The van der Waals surface area contributed by atoms with Gasteiger partial charge >= 0.3 is 0 Å². The number of anilines is 1. The summed E-state index contributed by atoms with van der Waals surface area (Å²) in [5.41, 5.74) is 2.12. The highest BCUT2D eigenvalue weighted by Gasteiger charge is 2.00. The molecule has 1 N–H and O–H groups in total. The third-order valence-corrected chi connectivity index (χ3v) is 2.45. The molecule has 0 amide bonds. The molecule has 0 fully saturated rings. The fourth-order valence-electron chi connectivity index (χ4n) is 1.01. The molecule has 0 aliphatic rings. The topological polar surface area (TPSA) is 21.3 Å². The van der Waals surface area contributed by atoms with E-state index in [9.17, 15) is 0 Å². The lowest BCUT2D eigenvalue weighted by molar-refractivity contribution is 0.415. The summed E-state index contributed by atoms with van der Waals surface area (Å²) in [5.74, 6) is 0.845. The molecule has 0 saturated heterocycles. The van der Waals surface area contributed by atoms with E-state index in [0.29, 0.717) is 0 Å². The van der Waals surface area contributed by atoms with Crippen LogP contribution in [0.3, 0.4) is 0 Å². The molecular weight excluding hydrogens is 242 g/mol. The van der Waals surface area contributed by atoms with Crippen molar-refractivity contribution < 1.29 is 4.74 Å². The number of nitrogens with one attached hydrogen (secondary N) is 1. The molecule has 0 bridgehead atoms. The van der Waals surface area contributed by atoms with Gasteiger partial charge in [0.15, 0.2) is 0 Å². The van der Waals surface area contributed by atoms with Crippen LogP contribution in [0.2, 0.25) is 0 Å². The molecule has 1 aromatic rings. The first-order valence-electron chi connectivity index (χ1n) is 4.35. The lowest BCUT2D eigenvalue weighted by atomic mass is 10.3. The molecule has 1 aromatic carbocycles. The molecule has 1 rings (SSSR count). The van der Waals surface area contributed by atoms with Crippen molar-refractivity contribution >= 4 is 21.6 Å². The molecule has 76 valence electrons. The predicted octanol–water partition coefficient (Wildman–Crippen LogP) is 3.45. The van der Waals surface area contributed by atoms with Crippen LogP contribution in [0.15, 0.2) is 34.8 Å². The first-order valence-corrected chi connectivity index (χ1v) is 5.14. The predicted molar refractivity (Wildman–Crippen MR) is 64.0 cm³/mol. The quantitative estimate of drug-likeness (QED) is 0.833. The average Bonchev–Trinajstić information content (AvgIpc) is 2.16. The van der Waals surface area contributed by atoms with Crippen LogP contribution in [-0.4, -0.2) is 13.7 Å². The number of ether oxygens (including phenoxy) is 1. The van der Waals surface area contributed by atoms with Gasteiger partial charge in [-0.15, -0.1) is 0 Å². The van der Waals surface area contributed by atoms with E-state index in [1.807, 2.05) is 25.1 Å². The van der Waals surface area contributed by atoms with Crippen LogP contribution in [0, 0.1) is 0 Å². The monoisotopic (exact) mass is 255 g/mol. The van der Waals surface area contributed by atoms with Crippen molar-refractivity contribution in [3.05, 3.63) is 34.8 Å². The Balaban J connectivity index is 2.78. The maximum absolute atomic E-state index is 5.13. The van der Waals surface area contributed by atoms with Gasteiger partial charge in [0, 0.05) is 17.1 Å². The zero-order valence-corrected chi connectivity index (χ0v) is 10.0. The van der Waals surface area contributed by atoms with Gasteiger partial charge in [-0.2, -0.15) is 0 Å². The van der Waals surface area contributed by atoms with E-state index < -0.39 is 0 Å². The number of hydrogen-bond acceptors (Lipinski definition) is 2. The van der Waals surface area contributed by atoms with Gasteiger partial charge in [-0.05, 0) is 35.0 Å². The molecule has 0 unspecified atom stereocenters.